The Labute approximate surface area is 222 Å². The van der Waals surface area contributed by atoms with Crippen LogP contribution in [0.15, 0.2) is 47.7 Å². The average Bonchev–Trinajstić information content (AvgIpc) is 3.26. The van der Waals surface area contributed by atoms with E-state index in [2.05, 4.69) is 10.1 Å². The number of pyridine rings is 2. The summed E-state index contributed by atoms with van der Waals surface area (Å²) in [5.41, 5.74) is 2.82. The van der Waals surface area contributed by atoms with Crippen LogP contribution < -0.4 is 24.8 Å². The molecule has 0 radical (unpaired) electrons. The molecule has 4 aromatic rings. The summed E-state index contributed by atoms with van der Waals surface area (Å²) in [7, 11) is 5.89. The van der Waals surface area contributed by atoms with Gasteiger partial charge in [-0.05, 0) is 24.6 Å². The maximum Gasteiger partial charge on any atom is 0.329 e. The minimum Gasteiger partial charge on any atom is -0.493 e. The van der Waals surface area contributed by atoms with Gasteiger partial charge in [-0.3, -0.25) is 24.3 Å². The number of rotatable bonds is 6. The van der Waals surface area contributed by atoms with Crippen LogP contribution in [0, 0.1) is 18.6 Å². The monoisotopic (exact) mass is 536 g/mol. The van der Waals surface area contributed by atoms with E-state index < -0.39 is 23.4 Å². The van der Waals surface area contributed by atoms with Crippen molar-refractivity contribution in [2.75, 3.05) is 24.0 Å². The predicted molar refractivity (Wildman–Crippen MR) is 140 cm³/mol. The number of hydrogen-bond donors (Lipinski definition) is 0. The molecule has 0 atom stereocenters. The summed E-state index contributed by atoms with van der Waals surface area (Å²) in [5.74, 6) is -2.64. The topological polar surface area (TPSA) is 94.7 Å². The lowest BCUT2D eigenvalue weighted by molar-refractivity contribution is 0.249. The predicted octanol–water partition coefficient (Wildman–Crippen LogP) is 3.93. The largest absolute Gasteiger partial charge is 0.493 e. The van der Waals surface area contributed by atoms with Gasteiger partial charge in [0.1, 0.15) is 5.69 Å². The Balaban J connectivity index is 1.68. The summed E-state index contributed by atoms with van der Waals surface area (Å²) >= 11 is 0. The van der Waals surface area contributed by atoms with Crippen molar-refractivity contribution in [3.63, 3.8) is 0 Å². The first-order valence-corrected chi connectivity index (χ1v) is 12.0. The first-order valence-electron chi connectivity index (χ1n) is 12.0. The third-order valence-electron chi connectivity index (χ3n) is 6.66. The van der Waals surface area contributed by atoms with Gasteiger partial charge in [0.15, 0.2) is 23.1 Å². The molecule has 0 N–H and O–H groups in total. The van der Waals surface area contributed by atoms with E-state index in [1.165, 1.54) is 29.8 Å². The molecule has 0 unspecified atom stereocenters. The molecule has 3 aromatic heterocycles. The van der Waals surface area contributed by atoms with E-state index in [9.17, 15) is 9.59 Å². The summed E-state index contributed by atoms with van der Waals surface area (Å²) < 4.78 is 44.1. The van der Waals surface area contributed by atoms with Crippen LogP contribution in [0.2, 0.25) is 0 Å². The van der Waals surface area contributed by atoms with Crippen LogP contribution in [0.3, 0.4) is 0 Å². The normalized spacial score (nSPS) is 13.1. The number of ether oxygens (including phenoxy) is 2. The Morgan fingerprint density at radius 2 is 1.72 bits per heavy atom. The molecule has 202 valence electrons. The van der Waals surface area contributed by atoms with E-state index in [-0.39, 0.29) is 30.1 Å². The quantitative estimate of drug-likeness (QED) is 0.371. The fraction of sp³-hybridized carbons (Fsp3) is 0.259. The fourth-order valence-electron chi connectivity index (χ4n) is 4.64. The highest BCUT2D eigenvalue weighted by Crippen LogP contribution is 2.41. The molecule has 12 heteroatoms. The number of methoxy groups -OCH3 is 2. The summed E-state index contributed by atoms with van der Waals surface area (Å²) in [4.78, 5) is 33.2. The second-order valence-corrected chi connectivity index (χ2v) is 9.20. The van der Waals surface area contributed by atoms with Crippen LogP contribution >= 0.6 is 0 Å². The molecule has 39 heavy (non-hydrogen) atoms. The van der Waals surface area contributed by atoms with Gasteiger partial charge in [0, 0.05) is 55.9 Å². The molecule has 1 aromatic carbocycles. The van der Waals surface area contributed by atoms with Crippen molar-refractivity contribution in [1.29, 1.82) is 0 Å². The summed E-state index contributed by atoms with van der Waals surface area (Å²) in [6.45, 7) is 1.66. The number of amides is 2. The highest BCUT2D eigenvalue weighted by molar-refractivity contribution is 6.06. The Morgan fingerprint density at radius 1 is 1.03 bits per heavy atom. The Hall–Kier alpha value is -4.74. The Kier molecular flexibility index (Phi) is 6.54. The number of carbonyl (C=O) groups excluding carboxylic acids is 1. The minimum atomic E-state index is -1.04. The zero-order chi connectivity index (χ0) is 28.0. The van der Waals surface area contributed by atoms with Crippen molar-refractivity contribution in [3.05, 3.63) is 81.7 Å². The number of carbonyl (C=O) groups is 1. The van der Waals surface area contributed by atoms with Gasteiger partial charge >= 0.3 is 6.03 Å². The molecule has 0 fully saturated rings. The first-order chi connectivity index (χ1) is 18.6. The van der Waals surface area contributed by atoms with Crippen LogP contribution in [0.5, 0.6) is 11.5 Å². The second kappa shape index (κ2) is 9.86. The first kappa shape index (κ1) is 25.9. The van der Waals surface area contributed by atoms with Crippen molar-refractivity contribution in [2.24, 2.45) is 14.1 Å². The minimum absolute atomic E-state index is 0.0295. The number of anilines is 2. The Bertz CT molecular complexity index is 1640. The number of fused-ring (bicyclic) bond motifs is 1. The number of aromatic nitrogens is 4. The van der Waals surface area contributed by atoms with E-state index in [0.717, 1.165) is 22.2 Å². The number of nitrogens with zero attached hydrogens (tertiary/aromatic N) is 6. The SMILES string of the molecule is COc1cc(OC)c(F)c(N2Cc3cnc(-c4cn(C)nc4C)cc3N(Cc3ccn(C)c(=O)c3)C2=O)c1F. The maximum absolute atomic E-state index is 15.5. The van der Waals surface area contributed by atoms with Crippen molar-refractivity contribution in [2.45, 2.75) is 20.0 Å². The molecule has 1 aliphatic heterocycles. The molecular formula is C27H26F2N6O4. The molecule has 0 saturated carbocycles. The van der Waals surface area contributed by atoms with E-state index in [1.54, 1.807) is 43.3 Å². The Morgan fingerprint density at radius 3 is 2.31 bits per heavy atom. The third-order valence-corrected chi connectivity index (χ3v) is 6.66. The van der Waals surface area contributed by atoms with E-state index in [1.807, 2.05) is 13.1 Å². The molecular weight excluding hydrogens is 510 g/mol. The van der Waals surface area contributed by atoms with Crippen molar-refractivity contribution in [3.8, 4) is 22.8 Å². The van der Waals surface area contributed by atoms with E-state index in [0.29, 0.717) is 22.5 Å². The highest BCUT2D eigenvalue weighted by atomic mass is 19.1. The summed E-state index contributed by atoms with van der Waals surface area (Å²) in [6, 6.07) is 5.24. The van der Waals surface area contributed by atoms with Crippen LogP contribution in [-0.4, -0.2) is 39.6 Å². The molecule has 10 nitrogen and oxygen atoms in total. The third kappa shape index (κ3) is 4.47. The fourth-order valence-corrected chi connectivity index (χ4v) is 4.64. The smallest absolute Gasteiger partial charge is 0.329 e. The molecule has 0 bridgehead atoms. The standard InChI is InChI=1S/C27H26F2N6O4/c1-15-18(14-33(3)31-15)19-9-20-17(11-30-19)13-35(26-24(28)21(38-4)10-22(39-5)25(26)29)27(37)34(20)12-16-6-7-32(2)23(36)8-16/h6-11,14H,12-13H2,1-5H3. The summed E-state index contributed by atoms with van der Waals surface area (Å²) in [5, 5.41) is 4.37. The number of urea groups is 1. The lowest BCUT2D eigenvalue weighted by Gasteiger charge is -2.37. The van der Waals surface area contributed by atoms with Crippen LogP contribution in [-0.2, 0) is 27.2 Å². The van der Waals surface area contributed by atoms with Crippen LogP contribution in [0.25, 0.3) is 11.3 Å². The van der Waals surface area contributed by atoms with Crippen molar-refractivity contribution >= 4 is 17.4 Å². The lowest BCUT2D eigenvalue weighted by Crippen LogP contribution is -2.48. The molecule has 4 heterocycles. The zero-order valence-electron chi connectivity index (χ0n) is 22.0. The van der Waals surface area contributed by atoms with Crippen LogP contribution in [0.4, 0.5) is 25.0 Å². The van der Waals surface area contributed by atoms with Gasteiger partial charge in [-0.25, -0.2) is 13.6 Å². The van der Waals surface area contributed by atoms with Gasteiger partial charge in [-0.2, -0.15) is 5.10 Å². The average molecular weight is 537 g/mol. The van der Waals surface area contributed by atoms with Crippen LogP contribution in [0.1, 0.15) is 16.8 Å². The van der Waals surface area contributed by atoms with Gasteiger partial charge in [-0.1, -0.05) is 0 Å². The number of benzene rings is 1. The molecule has 0 spiro atoms. The van der Waals surface area contributed by atoms with Crippen molar-refractivity contribution in [1.82, 2.24) is 19.3 Å². The molecule has 0 aliphatic carbocycles. The number of hydrogen-bond acceptors (Lipinski definition) is 6. The second-order valence-electron chi connectivity index (χ2n) is 9.20. The van der Waals surface area contributed by atoms with Gasteiger partial charge in [0.2, 0.25) is 0 Å². The summed E-state index contributed by atoms with van der Waals surface area (Å²) in [6.07, 6.45) is 4.98. The maximum atomic E-state index is 15.5. The van der Waals surface area contributed by atoms with E-state index >= 15 is 8.78 Å². The zero-order valence-corrected chi connectivity index (χ0v) is 22.0. The van der Waals surface area contributed by atoms with Gasteiger partial charge in [0.05, 0.1) is 44.4 Å². The van der Waals surface area contributed by atoms with Gasteiger partial charge in [0.25, 0.3) is 5.56 Å². The van der Waals surface area contributed by atoms with Gasteiger partial charge < -0.3 is 14.0 Å². The lowest BCUT2D eigenvalue weighted by atomic mass is 10.1. The van der Waals surface area contributed by atoms with E-state index in [4.69, 9.17) is 9.47 Å². The molecule has 2 amide bonds. The number of halogens is 2. The molecule has 0 saturated heterocycles. The highest BCUT2D eigenvalue weighted by Gasteiger charge is 2.37. The van der Waals surface area contributed by atoms with Crippen molar-refractivity contribution < 1.29 is 23.0 Å². The molecule has 5 rings (SSSR count). The molecule has 1 aliphatic rings. The number of aryl methyl sites for hydroxylation is 3. The van der Waals surface area contributed by atoms with Gasteiger partial charge in [-0.15, -0.1) is 0 Å².